The van der Waals surface area contributed by atoms with E-state index in [2.05, 4.69) is 4.90 Å². The second-order valence-corrected chi connectivity index (χ2v) is 4.96. The molecule has 21 heavy (non-hydrogen) atoms. The summed E-state index contributed by atoms with van der Waals surface area (Å²) in [6.07, 6.45) is -0.527. The van der Waals surface area contributed by atoms with Crippen LogP contribution in [0, 0.1) is 0 Å². The van der Waals surface area contributed by atoms with Gasteiger partial charge in [0.05, 0.1) is 13.2 Å². The molecule has 2 rings (SSSR count). The van der Waals surface area contributed by atoms with E-state index in [1.165, 1.54) is 6.92 Å². The van der Waals surface area contributed by atoms with E-state index in [9.17, 15) is 9.90 Å². The van der Waals surface area contributed by atoms with Crippen molar-refractivity contribution in [2.45, 2.75) is 13.0 Å². The fourth-order valence-corrected chi connectivity index (χ4v) is 2.11. The highest BCUT2D eigenvalue weighted by Gasteiger charge is 2.15. The minimum atomic E-state index is -0.527. The van der Waals surface area contributed by atoms with Crippen LogP contribution in [0.3, 0.4) is 0 Å². The molecule has 0 radical (unpaired) electrons. The summed E-state index contributed by atoms with van der Waals surface area (Å²) in [5.74, 6) is 0.694. The summed E-state index contributed by atoms with van der Waals surface area (Å²) in [4.78, 5) is 13.3. The maximum absolute atomic E-state index is 11.1. The van der Waals surface area contributed by atoms with E-state index in [-0.39, 0.29) is 24.8 Å². The van der Waals surface area contributed by atoms with E-state index in [4.69, 9.17) is 9.47 Å². The summed E-state index contributed by atoms with van der Waals surface area (Å²) >= 11 is 0. The Labute approximate surface area is 131 Å². The number of ether oxygens (including phenoxy) is 2. The van der Waals surface area contributed by atoms with Crippen LogP contribution in [0.4, 0.5) is 0 Å². The molecular formula is C15H21ClNO4-. The third-order valence-corrected chi connectivity index (χ3v) is 3.28. The summed E-state index contributed by atoms with van der Waals surface area (Å²) in [5.41, 5.74) is 0.659. The molecule has 1 aliphatic rings. The van der Waals surface area contributed by atoms with E-state index >= 15 is 0 Å². The third kappa shape index (κ3) is 6.01. The smallest absolute Gasteiger partial charge is 0.159 e. The summed E-state index contributed by atoms with van der Waals surface area (Å²) in [6.45, 7) is 5.52. The molecule has 5 nitrogen and oxygen atoms in total. The van der Waals surface area contributed by atoms with Gasteiger partial charge in [-0.3, -0.25) is 9.69 Å². The Hall–Kier alpha value is -1.14. The first-order chi connectivity index (χ1) is 9.65. The Morgan fingerprint density at radius 3 is 2.52 bits per heavy atom. The van der Waals surface area contributed by atoms with Crippen molar-refractivity contribution in [3.8, 4) is 5.75 Å². The number of benzene rings is 1. The first kappa shape index (κ1) is 17.9. The number of nitrogens with zero attached hydrogens (tertiary/aromatic N) is 1. The van der Waals surface area contributed by atoms with Crippen molar-refractivity contribution in [1.82, 2.24) is 4.90 Å². The maximum Gasteiger partial charge on any atom is 0.159 e. The van der Waals surface area contributed by atoms with Gasteiger partial charge in [-0.25, -0.2) is 0 Å². The van der Waals surface area contributed by atoms with Crippen molar-refractivity contribution in [2.75, 3.05) is 39.5 Å². The number of β-amino-alcohol motifs (C(OH)–C–C–N with tert-alkyl or cyclic N) is 1. The Morgan fingerprint density at radius 1 is 1.33 bits per heavy atom. The fourth-order valence-electron chi connectivity index (χ4n) is 2.11. The third-order valence-electron chi connectivity index (χ3n) is 3.28. The van der Waals surface area contributed by atoms with Gasteiger partial charge in [0.25, 0.3) is 0 Å². The number of hydrogen-bond acceptors (Lipinski definition) is 5. The standard InChI is InChI=1S/C15H21NO4.ClH/c1-12(17)13-2-4-15(5-3-13)20-11-14(18)10-16-6-8-19-9-7-16;/h2-5,14,18H,6-11H2,1H3;1H/p-1. The Kier molecular flexibility index (Phi) is 7.67. The summed E-state index contributed by atoms with van der Waals surface area (Å²) in [6, 6.07) is 6.95. The number of carbonyl (C=O) groups excluding carboxylic acids is 1. The average Bonchev–Trinajstić information content (AvgIpc) is 2.46. The molecule has 1 N–H and O–H groups in total. The number of carbonyl (C=O) groups is 1. The molecule has 118 valence electrons. The topological polar surface area (TPSA) is 59.0 Å². The van der Waals surface area contributed by atoms with E-state index in [1.54, 1.807) is 24.3 Å². The van der Waals surface area contributed by atoms with Gasteiger partial charge in [0, 0.05) is 25.2 Å². The molecular weight excluding hydrogens is 294 g/mol. The van der Waals surface area contributed by atoms with Gasteiger partial charge >= 0.3 is 0 Å². The summed E-state index contributed by atoms with van der Waals surface area (Å²) < 4.78 is 10.8. The lowest BCUT2D eigenvalue weighted by molar-refractivity contribution is -0.0000407. The monoisotopic (exact) mass is 314 g/mol. The number of rotatable bonds is 6. The molecule has 0 bridgehead atoms. The average molecular weight is 315 g/mol. The minimum absolute atomic E-state index is 0. The van der Waals surface area contributed by atoms with Crippen LogP contribution < -0.4 is 17.1 Å². The zero-order valence-electron chi connectivity index (χ0n) is 12.1. The van der Waals surface area contributed by atoms with Crippen LogP contribution in [0.2, 0.25) is 0 Å². The second kappa shape index (κ2) is 9.00. The molecule has 0 spiro atoms. The van der Waals surface area contributed by atoms with Gasteiger partial charge in [-0.2, -0.15) is 0 Å². The van der Waals surface area contributed by atoms with Gasteiger partial charge in [0.1, 0.15) is 18.5 Å². The number of halogens is 1. The van der Waals surface area contributed by atoms with Crippen molar-refractivity contribution in [3.05, 3.63) is 29.8 Å². The zero-order chi connectivity index (χ0) is 14.4. The van der Waals surface area contributed by atoms with Crippen molar-refractivity contribution in [1.29, 1.82) is 0 Å². The Balaban J connectivity index is 0.00000220. The van der Waals surface area contributed by atoms with E-state index in [1.807, 2.05) is 0 Å². The molecule has 1 aliphatic heterocycles. The molecule has 1 aromatic rings. The van der Waals surface area contributed by atoms with Crippen LogP contribution >= 0.6 is 0 Å². The van der Waals surface area contributed by atoms with Crippen molar-refractivity contribution in [3.63, 3.8) is 0 Å². The van der Waals surface area contributed by atoms with E-state index in [0.717, 1.165) is 26.3 Å². The molecule has 1 saturated heterocycles. The summed E-state index contributed by atoms with van der Waals surface area (Å²) in [5, 5.41) is 9.94. The van der Waals surface area contributed by atoms with E-state index in [0.29, 0.717) is 17.9 Å². The van der Waals surface area contributed by atoms with Crippen LogP contribution in [0.15, 0.2) is 24.3 Å². The highest BCUT2D eigenvalue weighted by Crippen LogP contribution is 2.13. The van der Waals surface area contributed by atoms with Crippen LogP contribution in [-0.4, -0.2) is 61.3 Å². The lowest BCUT2D eigenvalue weighted by Crippen LogP contribution is -3.00. The first-order valence-corrected chi connectivity index (χ1v) is 6.87. The Bertz CT molecular complexity index is 432. The number of ketones is 1. The zero-order valence-corrected chi connectivity index (χ0v) is 12.9. The van der Waals surface area contributed by atoms with Gasteiger partial charge in [0.2, 0.25) is 0 Å². The van der Waals surface area contributed by atoms with Crippen molar-refractivity contribution in [2.24, 2.45) is 0 Å². The van der Waals surface area contributed by atoms with Crippen LogP contribution in [-0.2, 0) is 4.74 Å². The largest absolute Gasteiger partial charge is 1.00 e. The number of Topliss-reactive ketones (excluding diaryl/α,β-unsaturated/α-hetero) is 1. The molecule has 1 aromatic carbocycles. The molecule has 1 fully saturated rings. The van der Waals surface area contributed by atoms with Gasteiger partial charge in [-0.1, -0.05) is 0 Å². The Morgan fingerprint density at radius 2 is 1.95 bits per heavy atom. The number of aliphatic hydroxyl groups is 1. The van der Waals surface area contributed by atoms with Gasteiger partial charge in [-0.05, 0) is 31.2 Å². The van der Waals surface area contributed by atoms with Crippen LogP contribution in [0.5, 0.6) is 5.75 Å². The fraction of sp³-hybridized carbons (Fsp3) is 0.533. The van der Waals surface area contributed by atoms with Gasteiger partial charge in [0.15, 0.2) is 5.78 Å². The van der Waals surface area contributed by atoms with Crippen LogP contribution in [0.1, 0.15) is 17.3 Å². The van der Waals surface area contributed by atoms with Crippen LogP contribution in [0.25, 0.3) is 0 Å². The molecule has 0 amide bonds. The minimum Gasteiger partial charge on any atom is -1.00 e. The number of aliphatic hydroxyl groups excluding tert-OH is 1. The predicted molar refractivity (Wildman–Crippen MR) is 75.2 cm³/mol. The highest BCUT2D eigenvalue weighted by molar-refractivity contribution is 5.94. The quantitative estimate of drug-likeness (QED) is 0.614. The van der Waals surface area contributed by atoms with Crippen molar-refractivity contribution >= 4 is 5.78 Å². The SMILES string of the molecule is CC(=O)c1ccc(OCC(O)CN2CCOCC2)cc1.[Cl-]. The predicted octanol–water partition coefficient (Wildman–Crippen LogP) is -2.03. The molecule has 0 aromatic heterocycles. The van der Waals surface area contributed by atoms with Gasteiger partial charge < -0.3 is 27.0 Å². The molecule has 6 heteroatoms. The van der Waals surface area contributed by atoms with Gasteiger partial charge in [-0.15, -0.1) is 0 Å². The van der Waals surface area contributed by atoms with Crippen molar-refractivity contribution < 1.29 is 31.8 Å². The lowest BCUT2D eigenvalue weighted by Gasteiger charge is -2.28. The molecule has 1 heterocycles. The normalized spacial score (nSPS) is 16.9. The molecule has 1 unspecified atom stereocenters. The highest BCUT2D eigenvalue weighted by atomic mass is 35.5. The van der Waals surface area contributed by atoms with E-state index < -0.39 is 6.10 Å². The molecule has 1 atom stereocenters. The first-order valence-electron chi connectivity index (χ1n) is 6.87. The second-order valence-electron chi connectivity index (χ2n) is 4.96. The molecule has 0 aliphatic carbocycles. The number of morpholine rings is 1. The summed E-state index contributed by atoms with van der Waals surface area (Å²) in [7, 11) is 0. The number of hydrogen-bond donors (Lipinski definition) is 1. The lowest BCUT2D eigenvalue weighted by atomic mass is 10.1. The maximum atomic E-state index is 11.1. The molecule has 0 saturated carbocycles.